The summed E-state index contributed by atoms with van der Waals surface area (Å²) in [5, 5.41) is 0.183. The van der Waals surface area contributed by atoms with E-state index in [2.05, 4.69) is 71.7 Å². The highest BCUT2D eigenvalue weighted by Gasteiger charge is 2.42. The lowest BCUT2D eigenvalue weighted by atomic mass is 9.89. The summed E-state index contributed by atoms with van der Waals surface area (Å²) in [6.45, 7) is 9.24. The third kappa shape index (κ3) is 28.2. The normalized spacial score (nSPS) is 14.6. The summed E-state index contributed by atoms with van der Waals surface area (Å²) in [5.74, 6) is 1.73. The summed E-state index contributed by atoms with van der Waals surface area (Å²) >= 11 is 13.8. The first-order chi connectivity index (χ1) is 37.3. The van der Waals surface area contributed by atoms with Crippen LogP contribution in [0.4, 0.5) is 0 Å². The first kappa shape index (κ1) is 68.4. The maximum atomic E-state index is 13.9. The molecule has 2 unspecified atom stereocenters. The molecule has 76 heavy (non-hydrogen) atoms. The van der Waals surface area contributed by atoms with Crippen molar-refractivity contribution in [2.75, 3.05) is 0 Å². The van der Waals surface area contributed by atoms with Gasteiger partial charge in [0.25, 0.3) is 0 Å². The predicted octanol–water partition coefficient (Wildman–Crippen LogP) is 26.3. The van der Waals surface area contributed by atoms with Crippen molar-refractivity contribution in [3.63, 3.8) is 0 Å². The number of carbonyl (C=O) groups is 2. The van der Waals surface area contributed by atoms with Crippen molar-refractivity contribution in [2.45, 2.75) is 336 Å². The Labute approximate surface area is 503 Å². The molecule has 0 aliphatic carbocycles. The zero-order valence-electron chi connectivity index (χ0n) is 49.5. The highest BCUT2D eigenvalue weighted by atomic mass is 79.9. The van der Waals surface area contributed by atoms with Crippen LogP contribution in [0.5, 0.6) is 0 Å². The average Bonchev–Trinajstić information content (AvgIpc) is 4.18. The van der Waals surface area contributed by atoms with Crippen molar-refractivity contribution in [3.05, 3.63) is 50.4 Å². The SMILES string of the molecule is CCCCCCCCCCCCC(CCCCCCCCCC)CCCCc1cc(C2=C3SC(=O)C(c4cc(CCCCC(CCCCCCCCCC)CCCCCCCCCCCC)c(Br)s4)=C3SC2=O)sc1Br. The lowest BCUT2D eigenvalue weighted by Crippen LogP contribution is -2.02. The van der Waals surface area contributed by atoms with Crippen molar-refractivity contribution < 1.29 is 9.59 Å². The first-order valence-electron chi connectivity index (χ1n) is 32.8. The second-order valence-electron chi connectivity index (χ2n) is 23.7. The molecule has 0 saturated carbocycles. The minimum absolute atomic E-state index is 0.0914. The van der Waals surface area contributed by atoms with Gasteiger partial charge >= 0.3 is 0 Å². The zero-order valence-corrected chi connectivity index (χ0v) is 55.9. The molecule has 2 atom stereocenters. The van der Waals surface area contributed by atoms with Gasteiger partial charge in [-0.3, -0.25) is 9.59 Å². The van der Waals surface area contributed by atoms with Crippen LogP contribution in [0.3, 0.4) is 0 Å². The molecule has 0 saturated heterocycles. The van der Waals surface area contributed by atoms with Gasteiger partial charge < -0.3 is 0 Å². The molecule has 0 aromatic carbocycles. The molecule has 2 aromatic rings. The standard InChI is InChI=1S/C68H112Br2O2S4/c1-5-9-13-17-21-25-27-31-35-39-47-55(45-37-33-29-23-19-15-11-7-3)49-41-43-51-57-53-59(73-65(57)69)61-63-64(76-67(61)71)62(68(72)75-63)60-54-58(66(70)74-60)52-44-42-50-56(46-38-34-30-24-20-16-12-8-4)48-40-36-32-28-26-22-18-14-10-6-2/h53-56H,5-52H2,1-4H3. The molecule has 8 heteroatoms. The third-order valence-electron chi connectivity index (χ3n) is 16.9. The van der Waals surface area contributed by atoms with Gasteiger partial charge in [0.05, 0.1) is 18.7 Å². The van der Waals surface area contributed by atoms with E-state index < -0.39 is 0 Å². The number of thiophene rings is 2. The van der Waals surface area contributed by atoms with Gasteiger partial charge in [0.2, 0.25) is 10.2 Å². The summed E-state index contributed by atoms with van der Waals surface area (Å²) in [7, 11) is 0. The fourth-order valence-corrected chi connectivity index (χ4v) is 18.3. The minimum atomic E-state index is 0.0914. The summed E-state index contributed by atoms with van der Waals surface area (Å²) < 4.78 is 2.29. The summed E-state index contributed by atoms with van der Waals surface area (Å²) in [5.41, 5.74) is 4.14. The molecular formula is C68H112Br2O2S4. The second-order valence-corrected chi connectivity index (χ2v) is 30.4. The Kier molecular flexibility index (Phi) is 40.0. The Bertz CT molecular complexity index is 1760. The molecule has 0 fully saturated rings. The molecule has 0 amide bonds. The zero-order chi connectivity index (χ0) is 54.3. The molecule has 434 valence electrons. The molecule has 4 heterocycles. The number of halogens is 2. The number of thioether (sulfide) groups is 2. The summed E-state index contributed by atoms with van der Waals surface area (Å²) in [6, 6.07) is 4.53. The van der Waals surface area contributed by atoms with Gasteiger partial charge in [0, 0.05) is 19.6 Å². The molecule has 0 bridgehead atoms. The number of hydrogen-bond acceptors (Lipinski definition) is 6. The van der Waals surface area contributed by atoms with Crippen LogP contribution in [-0.2, 0) is 22.4 Å². The Morgan fingerprint density at radius 1 is 0.329 bits per heavy atom. The van der Waals surface area contributed by atoms with E-state index in [1.165, 1.54) is 330 Å². The van der Waals surface area contributed by atoms with Gasteiger partial charge in [-0.15, -0.1) is 22.7 Å². The Morgan fingerprint density at radius 3 is 0.803 bits per heavy atom. The molecule has 0 N–H and O–H groups in total. The molecule has 2 aliphatic rings. The van der Waals surface area contributed by atoms with Gasteiger partial charge in [0.1, 0.15) is 0 Å². The van der Waals surface area contributed by atoms with Gasteiger partial charge in [-0.25, -0.2) is 0 Å². The van der Waals surface area contributed by atoms with Gasteiger partial charge in [-0.05, 0) is 116 Å². The van der Waals surface area contributed by atoms with Gasteiger partial charge in [-0.2, -0.15) is 0 Å². The number of hydrogen-bond donors (Lipinski definition) is 0. The van der Waals surface area contributed by atoms with Crippen molar-refractivity contribution in [1.82, 2.24) is 0 Å². The highest BCUT2D eigenvalue weighted by Crippen LogP contribution is 2.58. The highest BCUT2D eigenvalue weighted by molar-refractivity contribution is 9.11. The summed E-state index contributed by atoms with van der Waals surface area (Å²) in [4.78, 5) is 31.5. The number of fused-ring (bicyclic) bond motifs is 1. The van der Waals surface area contributed by atoms with Crippen LogP contribution in [0.25, 0.3) is 11.1 Å². The van der Waals surface area contributed by atoms with E-state index in [-0.39, 0.29) is 10.2 Å². The molecule has 0 radical (unpaired) electrons. The molecule has 0 spiro atoms. The smallest absolute Gasteiger partial charge is 0.226 e. The monoisotopic (exact) mass is 1250 g/mol. The molecule has 4 rings (SSSR count). The Hall–Kier alpha value is -0.120. The Morgan fingerprint density at radius 2 is 0.553 bits per heavy atom. The van der Waals surface area contributed by atoms with Crippen LogP contribution in [0.1, 0.15) is 344 Å². The fourth-order valence-electron chi connectivity index (χ4n) is 12.1. The van der Waals surface area contributed by atoms with Crippen molar-refractivity contribution in [2.24, 2.45) is 11.8 Å². The number of unbranched alkanes of at least 4 members (excludes halogenated alkanes) is 34. The van der Waals surface area contributed by atoms with E-state index in [1.807, 2.05) is 0 Å². The van der Waals surface area contributed by atoms with E-state index in [0.29, 0.717) is 0 Å². The minimum Gasteiger partial charge on any atom is -0.281 e. The van der Waals surface area contributed by atoms with E-state index in [0.717, 1.165) is 63.0 Å². The van der Waals surface area contributed by atoms with Crippen LogP contribution in [-0.4, -0.2) is 10.2 Å². The average molecular weight is 1250 g/mol. The molecular weight excluding hydrogens is 1140 g/mol. The van der Waals surface area contributed by atoms with Gasteiger partial charge in [0.15, 0.2) is 0 Å². The van der Waals surface area contributed by atoms with Crippen LogP contribution in [0, 0.1) is 11.8 Å². The largest absolute Gasteiger partial charge is 0.281 e. The van der Waals surface area contributed by atoms with Crippen LogP contribution >= 0.6 is 78.1 Å². The van der Waals surface area contributed by atoms with Crippen LogP contribution < -0.4 is 0 Å². The predicted molar refractivity (Wildman–Crippen MR) is 353 cm³/mol. The summed E-state index contributed by atoms with van der Waals surface area (Å²) in [6.07, 6.45) is 66.0. The lowest BCUT2D eigenvalue weighted by Gasteiger charge is -2.17. The van der Waals surface area contributed by atoms with Crippen LogP contribution in [0.15, 0.2) is 29.5 Å². The molecule has 2 aromatic heterocycles. The van der Waals surface area contributed by atoms with Crippen LogP contribution in [0.2, 0.25) is 0 Å². The fraction of sp³-hybridized carbons (Fsp3) is 0.794. The second kappa shape index (κ2) is 44.5. The van der Waals surface area contributed by atoms with E-state index in [1.54, 1.807) is 22.7 Å². The van der Waals surface area contributed by atoms with E-state index in [4.69, 9.17) is 0 Å². The van der Waals surface area contributed by atoms with Crippen molar-refractivity contribution >= 4 is 99.4 Å². The Balaban J connectivity index is 1.27. The maximum absolute atomic E-state index is 13.9. The number of aryl methyl sites for hydroxylation is 2. The van der Waals surface area contributed by atoms with Gasteiger partial charge in [-0.1, -0.05) is 310 Å². The molecule has 2 aliphatic heterocycles. The quantitative estimate of drug-likeness (QED) is 0.0618. The number of rotatable bonds is 52. The first-order valence-corrected chi connectivity index (χ1v) is 37.7. The van der Waals surface area contributed by atoms with E-state index >= 15 is 0 Å². The maximum Gasteiger partial charge on any atom is 0.226 e. The lowest BCUT2D eigenvalue weighted by molar-refractivity contribution is -0.106. The van der Waals surface area contributed by atoms with E-state index in [9.17, 15) is 9.59 Å². The van der Waals surface area contributed by atoms with Crippen molar-refractivity contribution in [1.29, 1.82) is 0 Å². The number of carbonyl (C=O) groups excluding carboxylic acids is 2. The third-order valence-corrected chi connectivity index (χ3v) is 23.0. The van der Waals surface area contributed by atoms with Crippen molar-refractivity contribution in [3.8, 4) is 0 Å². The topological polar surface area (TPSA) is 34.1 Å². The molecule has 2 nitrogen and oxygen atoms in total.